The average Bonchev–Trinajstić information content (AvgIpc) is 3.29. The molecular formula is C22H28N2O5. The number of amides is 3. The van der Waals surface area contributed by atoms with Crippen LogP contribution in [-0.2, 0) is 29.3 Å². The first-order valence-corrected chi connectivity index (χ1v) is 10.0. The summed E-state index contributed by atoms with van der Waals surface area (Å²) in [7, 11) is 2.76. The highest BCUT2D eigenvalue weighted by atomic mass is 16.5. The third-order valence-corrected chi connectivity index (χ3v) is 6.17. The fraction of sp³-hybridized carbons (Fsp3) is 0.545. The first-order chi connectivity index (χ1) is 13.8. The third-order valence-electron chi connectivity index (χ3n) is 6.17. The summed E-state index contributed by atoms with van der Waals surface area (Å²) < 4.78 is 4.63. The highest BCUT2D eigenvalue weighted by Crippen LogP contribution is 2.44. The second-order valence-corrected chi connectivity index (χ2v) is 8.08. The van der Waals surface area contributed by atoms with Crippen LogP contribution in [0.1, 0.15) is 49.7 Å². The van der Waals surface area contributed by atoms with Crippen molar-refractivity contribution in [1.82, 2.24) is 9.80 Å². The number of carbonyl (C=O) groups is 4. The number of likely N-dealkylation sites (N-methyl/N-ethyl adjacent to an activating group) is 1. The van der Waals surface area contributed by atoms with Gasteiger partial charge in [0, 0.05) is 25.9 Å². The van der Waals surface area contributed by atoms with Crippen molar-refractivity contribution in [1.29, 1.82) is 0 Å². The van der Waals surface area contributed by atoms with E-state index in [1.807, 2.05) is 31.2 Å². The molecule has 1 aromatic carbocycles. The first-order valence-electron chi connectivity index (χ1n) is 10.0. The van der Waals surface area contributed by atoms with Crippen molar-refractivity contribution < 1.29 is 23.9 Å². The van der Waals surface area contributed by atoms with E-state index >= 15 is 0 Å². The second kappa shape index (κ2) is 8.35. The monoisotopic (exact) mass is 400 g/mol. The van der Waals surface area contributed by atoms with Crippen LogP contribution in [0.3, 0.4) is 0 Å². The molecule has 0 N–H and O–H groups in total. The Morgan fingerprint density at radius 2 is 1.86 bits per heavy atom. The summed E-state index contributed by atoms with van der Waals surface area (Å²) in [6.45, 7) is 1.68. The van der Waals surface area contributed by atoms with Gasteiger partial charge in [-0.1, -0.05) is 37.1 Å². The Labute approximate surface area is 171 Å². The van der Waals surface area contributed by atoms with Gasteiger partial charge in [0.25, 0.3) is 0 Å². The van der Waals surface area contributed by atoms with E-state index in [4.69, 9.17) is 0 Å². The van der Waals surface area contributed by atoms with E-state index in [0.29, 0.717) is 5.56 Å². The average molecular weight is 400 g/mol. The Morgan fingerprint density at radius 3 is 2.48 bits per heavy atom. The van der Waals surface area contributed by atoms with Gasteiger partial charge >= 0.3 is 5.97 Å². The van der Waals surface area contributed by atoms with Crippen molar-refractivity contribution in [2.45, 2.75) is 56.9 Å². The van der Waals surface area contributed by atoms with Crippen LogP contribution in [0.5, 0.6) is 0 Å². The number of carbonyl (C=O) groups excluding carboxylic acids is 4. The maximum absolute atomic E-state index is 13.7. The van der Waals surface area contributed by atoms with Gasteiger partial charge in [0.05, 0.1) is 12.5 Å². The number of rotatable bonds is 6. The zero-order valence-corrected chi connectivity index (χ0v) is 17.3. The number of benzene rings is 1. The number of methoxy groups -OCH3 is 1. The first kappa shape index (κ1) is 21.0. The van der Waals surface area contributed by atoms with E-state index in [0.717, 1.165) is 31.2 Å². The van der Waals surface area contributed by atoms with Crippen LogP contribution in [0.4, 0.5) is 0 Å². The van der Waals surface area contributed by atoms with Crippen molar-refractivity contribution >= 4 is 23.7 Å². The third kappa shape index (κ3) is 3.91. The number of likely N-dealkylation sites (tertiary alicyclic amines) is 1. The van der Waals surface area contributed by atoms with Crippen LogP contribution in [0, 0.1) is 6.92 Å². The Hall–Kier alpha value is -2.70. The minimum Gasteiger partial charge on any atom is -0.468 e. The van der Waals surface area contributed by atoms with Crippen LogP contribution in [0.15, 0.2) is 24.3 Å². The molecule has 2 aliphatic rings. The lowest BCUT2D eigenvalue weighted by Gasteiger charge is -2.31. The summed E-state index contributed by atoms with van der Waals surface area (Å²) in [6.07, 6.45) is 3.46. The number of nitrogens with zero attached hydrogens (tertiary/aromatic N) is 2. The lowest BCUT2D eigenvalue weighted by molar-refractivity contribution is -0.147. The van der Waals surface area contributed by atoms with Gasteiger partial charge in [-0.3, -0.25) is 24.1 Å². The number of ether oxygens (including phenoxy) is 1. The van der Waals surface area contributed by atoms with E-state index in [2.05, 4.69) is 4.74 Å². The molecule has 7 heteroatoms. The molecule has 1 aliphatic heterocycles. The van der Waals surface area contributed by atoms with Gasteiger partial charge in [-0.05, 0) is 30.9 Å². The molecule has 1 heterocycles. The molecule has 3 rings (SSSR count). The lowest BCUT2D eigenvalue weighted by Crippen LogP contribution is -2.46. The Kier molecular flexibility index (Phi) is 6.05. The fourth-order valence-electron chi connectivity index (χ4n) is 4.59. The van der Waals surface area contributed by atoms with Gasteiger partial charge < -0.3 is 9.64 Å². The number of hydrogen-bond donors (Lipinski definition) is 0. The van der Waals surface area contributed by atoms with Crippen molar-refractivity contribution in [3.05, 3.63) is 35.4 Å². The highest BCUT2D eigenvalue weighted by Gasteiger charge is 2.56. The summed E-state index contributed by atoms with van der Waals surface area (Å²) in [5.41, 5.74) is 0.343. The molecule has 1 saturated heterocycles. The molecular weight excluding hydrogens is 372 g/mol. The van der Waals surface area contributed by atoms with Crippen molar-refractivity contribution in [2.24, 2.45) is 0 Å². The molecule has 0 radical (unpaired) electrons. The van der Waals surface area contributed by atoms with Crippen molar-refractivity contribution in [2.75, 3.05) is 20.7 Å². The quantitative estimate of drug-likeness (QED) is 0.538. The molecule has 3 amide bonds. The predicted molar refractivity (Wildman–Crippen MR) is 106 cm³/mol. The second-order valence-electron chi connectivity index (χ2n) is 8.08. The zero-order chi connectivity index (χ0) is 21.2. The Balaban J connectivity index is 1.97. The van der Waals surface area contributed by atoms with E-state index in [1.165, 1.54) is 24.0 Å². The minimum atomic E-state index is -1.23. The van der Waals surface area contributed by atoms with Gasteiger partial charge in [0.1, 0.15) is 6.54 Å². The smallest absolute Gasteiger partial charge is 0.325 e. The molecule has 1 unspecified atom stereocenters. The fourth-order valence-corrected chi connectivity index (χ4v) is 4.59. The van der Waals surface area contributed by atoms with Gasteiger partial charge in [-0.2, -0.15) is 0 Å². The summed E-state index contributed by atoms with van der Waals surface area (Å²) in [6, 6.07) is 7.32. The van der Waals surface area contributed by atoms with Gasteiger partial charge in [0.15, 0.2) is 0 Å². The number of esters is 1. The predicted octanol–water partition coefficient (Wildman–Crippen LogP) is 1.96. The molecule has 0 aromatic heterocycles. The molecule has 2 fully saturated rings. The summed E-state index contributed by atoms with van der Waals surface area (Å²) >= 11 is 0. The van der Waals surface area contributed by atoms with Crippen molar-refractivity contribution in [3.8, 4) is 0 Å². The maximum atomic E-state index is 13.7. The minimum absolute atomic E-state index is 0.0228. The van der Waals surface area contributed by atoms with Crippen LogP contribution < -0.4 is 0 Å². The summed E-state index contributed by atoms with van der Waals surface area (Å²) in [5.74, 6) is -1.41. The van der Waals surface area contributed by atoms with Crippen LogP contribution in [-0.4, -0.2) is 60.2 Å². The molecule has 0 spiro atoms. The zero-order valence-electron chi connectivity index (χ0n) is 17.3. The number of aryl methyl sites for hydroxylation is 1. The Bertz CT molecular complexity index is 830. The maximum Gasteiger partial charge on any atom is 0.325 e. The van der Waals surface area contributed by atoms with Gasteiger partial charge in [-0.15, -0.1) is 0 Å². The highest BCUT2D eigenvalue weighted by molar-refractivity contribution is 6.11. The van der Waals surface area contributed by atoms with E-state index < -0.39 is 11.4 Å². The molecule has 0 bridgehead atoms. The molecule has 1 atom stereocenters. The molecule has 156 valence electrons. The van der Waals surface area contributed by atoms with Crippen LogP contribution in [0.25, 0.3) is 0 Å². The topological polar surface area (TPSA) is 84.0 Å². The van der Waals surface area contributed by atoms with Gasteiger partial charge in [-0.25, -0.2) is 0 Å². The molecule has 29 heavy (non-hydrogen) atoms. The number of imide groups is 1. The summed E-state index contributed by atoms with van der Waals surface area (Å²) in [4.78, 5) is 53.8. The van der Waals surface area contributed by atoms with E-state index in [9.17, 15) is 19.2 Å². The molecule has 1 aromatic rings. The molecule has 1 saturated carbocycles. The number of hydrogen-bond acceptors (Lipinski definition) is 5. The Morgan fingerprint density at radius 1 is 1.21 bits per heavy atom. The van der Waals surface area contributed by atoms with Crippen LogP contribution in [0.2, 0.25) is 0 Å². The van der Waals surface area contributed by atoms with Gasteiger partial charge in [0.2, 0.25) is 17.7 Å². The summed E-state index contributed by atoms with van der Waals surface area (Å²) in [5, 5.41) is 0. The lowest BCUT2D eigenvalue weighted by atomic mass is 9.74. The van der Waals surface area contributed by atoms with Crippen LogP contribution >= 0.6 is 0 Å². The van der Waals surface area contributed by atoms with E-state index in [1.54, 1.807) is 0 Å². The largest absolute Gasteiger partial charge is 0.468 e. The molecule has 1 aliphatic carbocycles. The SMILES string of the molecule is COC(=O)CN(C)C(=O)CC1(c2ccccc2C)CC(=O)N(C2CCCC2)C1=O. The normalized spacial score (nSPS) is 22.2. The van der Waals surface area contributed by atoms with Crippen molar-refractivity contribution in [3.63, 3.8) is 0 Å². The molecule has 7 nitrogen and oxygen atoms in total. The van der Waals surface area contributed by atoms with E-state index in [-0.39, 0.29) is 43.1 Å². The standard InChI is InChI=1S/C22H28N2O5/c1-15-8-4-7-11-17(15)22(12-18(25)23(2)14-20(27)29-3)13-19(26)24(21(22)28)16-9-5-6-10-16/h4,7-8,11,16H,5-6,9-10,12-14H2,1-3H3.